The molecule has 0 spiro atoms. The average molecular weight is 265 g/mol. The Labute approximate surface area is 111 Å². The summed E-state index contributed by atoms with van der Waals surface area (Å²) < 4.78 is 1.62. The average Bonchev–Trinajstić information content (AvgIpc) is 2.86. The highest BCUT2D eigenvalue weighted by Gasteiger charge is 2.46. The number of carbonyl (C=O) groups excluding carboxylic acids is 1. The van der Waals surface area contributed by atoms with Crippen molar-refractivity contribution in [3.8, 4) is 0 Å². The van der Waals surface area contributed by atoms with E-state index in [1.165, 1.54) is 6.20 Å². The number of carbonyl (C=O) groups is 2. The molecule has 2 N–H and O–H groups in total. The molecule has 1 aromatic rings. The first-order valence-corrected chi connectivity index (χ1v) is 6.39. The largest absolute Gasteiger partial charge is 0.481 e. The van der Waals surface area contributed by atoms with Gasteiger partial charge in [0.15, 0.2) is 0 Å². The fraction of sp³-hybridized carbons (Fsp3) is 0.615. The van der Waals surface area contributed by atoms with Gasteiger partial charge in [0.1, 0.15) is 0 Å². The third kappa shape index (κ3) is 2.22. The SMILES string of the molecule is Cc1c(C(=O)NC2CCCC2(C)C(=O)O)cnn1C. The van der Waals surface area contributed by atoms with Crippen LogP contribution in [0.4, 0.5) is 0 Å². The van der Waals surface area contributed by atoms with E-state index in [4.69, 9.17) is 0 Å². The third-order valence-corrected chi connectivity index (χ3v) is 4.23. The lowest BCUT2D eigenvalue weighted by atomic mass is 9.85. The van der Waals surface area contributed by atoms with Gasteiger partial charge in [-0.05, 0) is 26.7 Å². The van der Waals surface area contributed by atoms with Crippen molar-refractivity contribution in [3.63, 3.8) is 0 Å². The van der Waals surface area contributed by atoms with Crippen LogP contribution in [0.1, 0.15) is 42.2 Å². The lowest BCUT2D eigenvalue weighted by molar-refractivity contribution is -0.148. The number of hydrogen-bond donors (Lipinski definition) is 2. The van der Waals surface area contributed by atoms with Crippen LogP contribution in [0, 0.1) is 12.3 Å². The van der Waals surface area contributed by atoms with E-state index >= 15 is 0 Å². The number of nitrogens with zero attached hydrogens (tertiary/aromatic N) is 2. The van der Waals surface area contributed by atoms with E-state index in [1.807, 2.05) is 6.92 Å². The molecule has 2 atom stereocenters. The van der Waals surface area contributed by atoms with E-state index < -0.39 is 11.4 Å². The predicted molar refractivity (Wildman–Crippen MR) is 68.8 cm³/mol. The molecule has 1 amide bonds. The van der Waals surface area contributed by atoms with Gasteiger partial charge in [-0.15, -0.1) is 0 Å². The molecule has 1 fully saturated rings. The maximum atomic E-state index is 12.2. The first kappa shape index (κ1) is 13.6. The molecule has 1 saturated carbocycles. The summed E-state index contributed by atoms with van der Waals surface area (Å²) in [6, 6.07) is -0.322. The van der Waals surface area contributed by atoms with Gasteiger partial charge in [-0.25, -0.2) is 0 Å². The van der Waals surface area contributed by atoms with Crippen molar-refractivity contribution >= 4 is 11.9 Å². The highest BCUT2D eigenvalue weighted by molar-refractivity contribution is 5.95. The molecule has 0 aromatic carbocycles. The Morgan fingerprint density at radius 3 is 2.79 bits per heavy atom. The Balaban J connectivity index is 2.15. The number of aryl methyl sites for hydroxylation is 1. The highest BCUT2D eigenvalue weighted by Crippen LogP contribution is 2.38. The summed E-state index contributed by atoms with van der Waals surface area (Å²) in [6.45, 7) is 3.51. The lowest BCUT2D eigenvalue weighted by Crippen LogP contribution is -2.47. The van der Waals surface area contributed by atoms with Crippen molar-refractivity contribution in [3.05, 3.63) is 17.5 Å². The van der Waals surface area contributed by atoms with Gasteiger partial charge < -0.3 is 10.4 Å². The molecule has 1 aliphatic rings. The van der Waals surface area contributed by atoms with Crippen LogP contribution in [0.15, 0.2) is 6.20 Å². The van der Waals surface area contributed by atoms with Gasteiger partial charge in [-0.3, -0.25) is 14.3 Å². The van der Waals surface area contributed by atoms with E-state index in [1.54, 1.807) is 18.7 Å². The minimum Gasteiger partial charge on any atom is -0.481 e. The number of carboxylic acids is 1. The Morgan fingerprint density at radius 2 is 2.26 bits per heavy atom. The Hall–Kier alpha value is -1.85. The van der Waals surface area contributed by atoms with Crippen molar-refractivity contribution in [2.45, 2.75) is 39.2 Å². The van der Waals surface area contributed by atoms with Crippen LogP contribution in [0.3, 0.4) is 0 Å². The fourth-order valence-corrected chi connectivity index (χ4v) is 2.61. The van der Waals surface area contributed by atoms with E-state index in [9.17, 15) is 14.7 Å². The van der Waals surface area contributed by atoms with Gasteiger partial charge in [0.05, 0.1) is 17.2 Å². The minimum atomic E-state index is -0.869. The summed E-state index contributed by atoms with van der Waals surface area (Å²) in [5, 5.41) is 16.2. The van der Waals surface area contributed by atoms with Gasteiger partial charge >= 0.3 is 5.97 Å². The molecule has 1 aliphatic carbocycles. The van der Waals surface area contributed by atoms with Crippen LogP contribution in [-0.4, -0.2) is 32.8 Å². The van der Waals surface area contributed by atoms with Crippen LogP contribution < -0.4 is 5.32 Å². The van der Waals surface area contributed by atoms with Crippen LogP contribution in [0.5, 0.6) is 0 Å². The zero-order chi connectivity index (χ0) is 14.2. The van der Waals surface area contributed by atoms with E-state index in [-0.39, 0.29) is 11.9 Å². The van der Waals surface area contributed by atoms with Crippen LogP contribution >= 0.6 is 0 Å². The number of aliphatic carboxylic acids is 1. The monoisotopic (exact) mass is 265 g/mol. The minimum absolute atomic E-state index is 0.245. The van der Waals surface area contributed by atoms with E-state index in [2.05, 4.69) is 10.4 Å². The molecule has 2 rings (SSSR count). The van der Waals surface area contributed by atoms with Gasteiger partial charge in [0.2, 0.25) is 0 Å². The van der Waals surface area contributed by atoms with Gasteiger partial charge in [-0.1, -0.05) is 6.42 Å². The molecule has 19 heavy (non-hydrogen) atoms. The standard InChI is InChI=1S/C13H19N3O3/c1-8-9(7-14-16(8)3)11(17)15-10-5-4-6-13(10,2)12(18)19/h7,10H,4-6H2,1-3H3,(H,15,17)(H,18,19). The van der Waals surface area contributed by atoms with Crippen LogP contribution in [0.2, 0.25) is 0 Å². The zero-order valence-corrected chi connectivity index (χ0v) is 11.4. The molecular weight excluding hydrogens is 246 g/mol. The number of hydrogen-bond acceptors (Lipinski definition) is 3. The van der Waals surface area contributed by atoms with Crippen LogP contribution in [-0.2, 0) is 11.8 Å². The van der Waals surface area contributed by atoms with Crippen LogP contribution in [0.25, 0.3) is 0 Å². The molecule has 6 nitrogen and oxygen atoms in total. The molecule has 0 radical (unpaired) electrons. The van der Waals surface area contributed by atoms with Crippen molar-refractivity contribution in [1.82, 2.24) is 15.1 Å². The Kier molecular flexibility index (Phi) is 3.34. The third-order valence-electron chi connectivity index (χ3n) is 4.23. The molecule has 0 bridgehead atoms. The summed E-state index contributed by atoms with van der Waals surface area (Å²) in [4.78, 5) is 23.5. The van der Waals surface area contributed by atoms with Crippen molar-refractivity contribution < 1.29 is 14.7 Å². The summed E-state index contributed by atoms with van der Waals surface area (Å²) in [7, 11) is 1.77. The van der Waals surface area contributed by atoms with Crippen molar-refractivity contribution in [2.24, 2.45) is 12.5 Å². The second-order valence-corrected chi connectivity index (χ2v) is 5.41. The lowest BCUT2D eigenvalue weighted by Gasteiger charge is -2.27. The first-order chi connectivity index (χ1) is 8.86. The number of amides is 1. The quantitative estimate of drug-likeness (QED) is 0.857. The number of aromatic nitrogens is 2. The number of rotatable bonds is 3. The molecular formula is C13H19N3O3. The van der Waals surface area contributed by atoms with Gasteiger partial charge in [-0.2, -0.15) is 5.10 Å². The topological polar surface area (TPSA) is 84.2 Å². The summed E-state index contributed by atoms with van der Waals surface area (Å²) in [5.74, 6) is -1.09. The fourth-order valence-electron chi connectivity index (χ4n) is 2.61. The van der Waals surface area contributed by atoms with Crippen molar-refractivity contribution in [2.75, 3.05) is 0 Å². The second kappa shape index (κ2) is 4.68. The van der Waals surface area contributed by atoms with E-state index in [0.29, 0.717) is 18.4 Å². The summed E-state index contributed by atoms with van der Waals surface area (Å²) in [6.07, 6.45) is 3.63. The predicted octanol–water partition coefficient (Wildman–Crippen LogP) is 1.10. The highest BCUT2D eigenvalue weighted by atomic mass is 16.4. The molecule has 2 unspecified atom stereocenters. The smallest absolute Gasteiger partial charge is 0.311 e. The normalized spacial score (nSPS) is 26.4. The van der Waals surface area contributed by atoms with Gasteiger partial charge in [0.25, 0.3) is 5.91 Å². The zero-order valence-electron chi connectivity index (χ0n) is 11.4. The molecule has 1 heterocycles. The molecule has 104 valence electrons. The first-order valence-electron chi connectivity index (χ1n) is 6.39. The van der Waals surface area contributed by atoms with Gasteiger partial charge in [0, 0.05) is 18.8 Å². The number of nitrogens with one attached hydrogen (secondary N) is 1. The molecule has 0 aliphatic heterocycles. The molecule has 0 saturated heterocycles. The van der Waals surface area contributed by atoms with E-state index in [0.717, 1.165) is 12.1 Å². The Bertz CT molecular complexity index is 523. The van der Waals surface area contributed by atoms with Crippen molar-refractivity contribution in [1.29, 1.82) is 0 Å². The maximum Gasteiger partial charge on any atom is 0.311 e. The summed E-state index contributed by atoms with van der Waals surface area (Å²) >= 11 is 0. The second-order valence-electron chi connectivity index (χ2n) is 5.41. The number of carboxylic acid groups (broad SMARTS) is 1. The molecule has 1 aromatic heterocycles. The Morgan fingerprint density at radius 1 is 1.58 bits per heavy atom. The maximum absolute atomic E-state index is 12.2. The summed E-state index contributed by atoms with van der Waals surface area (Å²) in [5.41, 5.74) is 0.404. The molecule has 6 heteroatoms.